The Morgan fingerprint density at radius 2 is 2.23 bits per heavy atom. The SMILES string of the molecule is CCNC(=O)CN1CCC(c2nnc(-c3ccoc3)o2)CC1. The Morgan fingerprint density at radius 3 is 2.91 bits per heavy atom. The molecule has 22 heavy (non-hydrogen) atoms. The van der Waals surface area contributed by atoms with Gasteiger partial charge in [-0.1, -0.05) is 0 Å². The number of nitrogens with one attached hydrogen (secondary N) is 1. The van der Waals surface area contributed by atoms with Crippen LogP contribution in [0.15, 0.2) is 27.4 Å². The van der Waals surface area contributed by atoms with Crippen molar-refractivity contribution < 1.29 is 13.6 Å². The molecule has 2 aromatic heterocycles. The molecular weight excluding hydrogens is 284 g/mol. The zero-order chi connectivity index (χ0) is 15.4. The summed E-state index contributed by atoms with van der Waals surface area (Å²) >= 11 is 0. The second kappa shape index (κ2) is 6.74. The van der Waals surface area contributed by atoms with Gasteiger partial charge in [0.25, 0.3) is 5.89 Å². The number of likely N-dealkylation sites (tertiary alicyclic amines) is 1. The molecule has 0 bridgehead atoms. The van der Waals surface area contributed by atoms with Crippen molar-refractivity contribution >= 4 is 5.91 Å². The van der Waals surface area contributed by atoms with Gasteiger partial charge in [0.1, 0.15) is 6.26 Å². The number of aromatic nitrogens is 2. The number of hydrogen-bond acceptors (Lipinski definition) is 6. The van der Waals surface area contributed by atoms with Gasteiger partial charge in [0, 0.05) is 12.5 Å². The molecule has 3 heterocycles. The minimum absolute atomic E-state index is 0.0842. The molecule has 1 aliphatic rings. The van der Waals surface area contributed by atoms with Crippen LogP contribution in [0.5, 0.6) is 0 Å². The van der Waals surface area contributed by atoms with Crippen LogP contribution in [0.3, 0.4) is 0 Å². The van der Waals surface area contributed by atoms with E-state index in [4.69, 9.17) is 8.83 Å². The third-order valence-corrected chi connectivity index (χ3v) is 3.89. The number of carbonyl (C=O) groups excluding carboxylic acids is 1. The highest BCUT2D eigenvalue weighted by atomic mass is 16.4. The topological polar surface area (TPSA) is 84.4 Å². The summed E-state index contributed by atoms with van der Waals surface area (Å²) in [6.07, 6.45) is 5.02. The van der Waals surface area contributed by atoms with E-state index in [-0.39, 0.29) is 11.8 Å². The number of likely N-dealkylation sites (N-methyl/N-ethyl adjacent to an activating group) is 1. The quantitative estimate of drug-likeness (QED) is 0.904. The van der Waals surface area contributed by atoms with Crippen LogP contribution in [0.1, 0.15) is 31.6 Å². The minimum Gasteiger partial charge on any atom is -0.472 e. The summed E-state index contributed by atoms with van der Waals surface area (Å²) < 4.78 is 10.8. The van der Waals surface area contributed by atoms with Gasteiger partial charge in [0.05, 0.1) is 18.4 Å². The largest absolute Gasteiger partial charge is 0.472 e. The van der Waals surface area contributed by atoms with E-state index >= 15 is 0 Å². The average molecular weight is 304 g/mol. The van der Waals surface area contributed by atoms with Crippen molar-refractivity contribution in [1.82, 2.24) is 20.4 Å². The summed E-state index contributed by atoms with van der Waals surface area (Å²) in [4.78, 5) is 13.8. The molecule has 1 fully saturated rings. The van der Waals surface area contributed by atoms with Crippen LogP contribution in [0.4, 0.5) is 0 Å². The van der Waals surface area contributed by atoms with Crippen molar-refractivity contribution in [1.29, 1.82) is 0 Å². The van der Waals surface area contributed by atoms with Crippen LogP contribution in [0.2, 0.25) is 0 Å². The van der Waals surface area contributed by atoms with Gasteiger partial charge in [-0.3, -0.25) is 9.69 Å². The fraction of sp³-hybridized carbons (Fsp3) is 0.533. The molecule has 0 spiro atoms. The van der Waals surface area contributed by atoms with E-state index in [0.717, 1.165) is 31.5 Å². The van der Waals surface area contributed by atoms with E-state index in [9.17, 15) is 4.79 Å². The number of nitrogens with zero attached hydrogens (tertiary/aromatic N) is 3. The molecule has 0 aromatic carbocycles. The van der Waals surface area contributed by atoms with Crippen LogP contribution in [-0.2, 0) is 4.79 Å². The van der Waals surface area contributed by atoms with Gasteiger partial charge in [-0.2, -0.15) is 0 Å². The van der Waals surface area contributed by atoms with E-state index in [1.54, 1.807) is 18.6 Å². The van der Waals surface area contributed by atoms with Gasteiger partial charge < -0.3 is 14.2 Å². The molecular formula is C15H20N4O3. The lowest BCUT2D eigenvalue weighted by Crippen LogP contribution is -2.41. The smallest absolute Gasteiger partial charge is 0.250 e. The maximum atomic E-state index is 11.6. The lowest BCUT2D eigenvalue weighted by atomic mass is 9.97. The Kier molecular flexibility index (Phi) is 4.53. The Labute approximate surface area is 128 Å². The molecule has 1 amide bonds. The maximum absolute atomic E-state index is 11.6. The zero-order valence-corrected chi connectivity index (χ0v) is 12.6. The molecule has 7 nitrogen and oxygen atoms in total. The first kappa shape index (κ1) is 14.8. The summed E-state index contributed by atoms with van der Waals surface area (Å²) in [6, 6.07) is 1.80. The molecule has 118 valence electrons. The first-order valence-corrected chi connectivity index (χ1v) is 7.61. The summed E-state index contributed by atoms with van der Waals surface area (Å²) in [5, 5.41) is 11.1. The number of furan rings is 1. The third kappa shape index (κ3) is 3.36. The molecule has 7 heteroatoms. The van der Waals surface area contributed by atoms with Crippen LogP contribution in [0, 0.1) is 0 Å². The second-order valence-corrected chi connectivity index (χ2v) is 5.46. The van der Waals surface area contributed by atoms with Crippen LogP contribution < -0.4 is 5.32 Å². The van der Waals surface area contributed by atoms with Crippen molar-refractivity contribution in [2.24, 2.45) is 0 Å². The van der Waals surface area contributed by atoms with Crippen LogP contribution >= 0.6 is 0 Å². The highest BCUT2D eigenvalue weighted by molar-refractivity contribution is 5.77. The van der Waals surface area contributed by atoms with E-state index < -0.39 is 0 Å². The number of rotatable bonds is 5. The number of amides is 1. The average Bonchev–Trinajstić information content (AvgIpc) is 3.19. The fourth-order valence-corrected chi connectivity index (χ4v) is 2.70. The van der Waals surface area contributed by atoms with Crippen LogP contribution in [0.25, 0.3) is 11.5 Å². The first-order chi connectivity index (χ1) is 10.8. The van der Waals surface area contributed by atoms with Crippen molar-refractivity contribution in [2.75, 3.05) is 26.2 Å². The molecule has 0 saturated carbocycles. The normalized spacial score (nSPS) is 16.8. The van der Waals surface area contributed by atoms with Crippen molar-refractivity contribution in [3.63, 3.8) is 0 Å². The molecule has 0 unspecified atom stereocenters. The Bertz CT molecular complexity index is 600. The molecule has 3 rings (SSSR count). The summed E-state index contributed by atoms with van der Waals surface area (Å²) in [5.74, 6) is 1.52. The lowest BCUT2D eigenvalue weighted by Gasteiger charge is -2.29. The molecule has 0 aliphatic carbocycles. The maximum Gasteiger partial charge on any atom is 0.250 e. The van der Waals surface area contributed by atoms with E-state index in [0.29, 0.717) is 24.9 Å². The second-order valence-electron chi connectivity index (χ2n) is 5.46. The molecule has 2 aromatic rings. The number of piperidine rings is 1. The van der Waals surface area contributed by atoms with Gasteiger partial charge in [0.15, 0.2) is 0 Å². The predicted octanol–water partition coefficient (Wildman–Crippen LogP) is 1.65. The molecule has 0 atom stereocenters. The molecule has 0 radical (unpaired) electrons. The van der Waals surface area contributed by atoms with Crippen molar-refractivity contribution in [3.8, 4) is 11.5 Å². The highest BCUT2D eigenvalue weighted by Crippen LogP contribution is 2.29. The minimum atomic E-state index is 0.0842. The zero-order valence-electron chi connectivity index (χ0n) is 12.6. The molecule has 1 N–H and O–H groups in total. The van der Waals surface area contributed by atoms with E-state index in [1.807, 2.05) is 6.92 Å². The van der Waals surface area contributed by atoms with Gasteiger partial charge in [-0.05, 0) is 38.9 Å². The van der Waals surface area contributed by atoms with Gasteiger partial charge in [0.2, 0.25) is 11.8 Å². The number of hydrogen-bond donors (Lipinski definition) is 1. The van der Waals surface area contributed by atoms with Crippen molar-refractivity contribution in [2.45, 2.75) is 25.7 Å². The number of carbonyl (C=O) groups is 1. The standard InChI is InChI=1S/C15H20N4O3/c1-2-16-13(20)9-19-6-3-11(4-7-19)14-17-18-15(22-14)12-5-8-21-10-12/h5,8,10-11H,2-4,6-7,9H2,1H3,(H,16,20). The summed E-state index contributed by atoms with van der Waals surface area (Å²) in [7, 11) is 0. The third-order valence-electron chi connectivity index (χ3n) is 3.89. The lowest BCUT2D eigenvalue weighted by molar-refractivity contribution is -0.122. The first-order valence-electron chi connectivity index (χ1n) is 7.61. The van der Waals surface area contributed by atoms with Gasteiger partial charge in [-0.15, -0.1) is 10.2 Å². The van der Waals surface area contributed by atoms with Gasteiger partial charge >= 0.3 is 0 Å². The Balaban J connectivity index is 1.54. The Morgan fingerprint density at radius 1 is 1.41 bits per heavy atom. The summed E-state index contributed by atoms with van der Waals surface area (Å²) in [5.41, 5.74) is 0.799. The van der Waals surface area contributed by atoms with E-state index in [2.05, 4.69) is 20.4 Å². The predicted molar refractivity (Wildman–Crippen MR) is 79.1 cm³/mol. The van der Waals surface area contributed by atoms with Crippen LogP contribution in [-0.4, -0.2) is 47.2 Å². The monoisotopic (exact) mass is 304 g/mol. The Hall–Kier alpha value is -2.15. The fourth-order valence-electron chi connectivity index (χ4n) is 2.70. The van der Waals surface area contributed by atoms with E-state index in [1.165, 1.54) is 0 Å². The summed E-state index contributed by atoms with van der Waals surface area (Å²) in [6.45, 7) is 4.80. The molecule has 1 aliphatic heterocycles. The molecule has 1 saturated heterocycles. The van der Waals surface area contributed by atoms with Gasteiger partial charge in [-0.25, -0.2) is 0 Å². The highest BCUT2D eigenvalue weighted by Gasteiger charge is 2.26. The van der Waals surface area contributed by atoms with Crippen molar-refractivity contribution in [3.05, 3.63) is 24.5 Å².